The minimum Gasteiger partial charge on any atom is -0.373 e. The molecule has 2 fully saturated rings. The molecule has 2 saturated heterocycles. The average molecular weight is 167 g/mol. The highest BCUT2D eigenvalue weighted by Gasteiger charge is 2.49. The van der Waals surface area contributed by atoms with E-state index in [4.69, 9.17) is 4.74 Å². The smallest absolute Gasteiger partial charge is 0.182 e. The molecule has 0 aromatic rings. The molecule has 1 N–H and O–H groups in total. The summed E-state index contributed by atoms with van der Waals surface area (Å²) >= 11 is 0. The van der Waals surface area contributed by atoms with Crippen LogP contribution in [-0.2, 0) is 9.53 Å². The summed E-state index contributed by atoms with van der Waals surface area (Å²) in [4.78, 5) is 11.3. The Morgan fingerprint density at radius 3 is 2.67 bits per heavy atom. The maximum atomic E-state index is 11.3. The third-order valence-corrected chi connectivity index (χ3v) is 3.08. The SMILES string of the molecule is BN[C@@H]1[C@H](C(C)=O)[C@@H]2CC[C@H]1O2. The summed E-state index contributed by atoms with van der Waals surface area (Å²) in [6.45, 7) is 1.67. The number of carbonyl (C=O) groups is 1. The van der Waals surface area contributed by atoms with Gasteiger partial charge in [0.05, 0.1) is 18.1 Å². The zero-order chi connectivity index (χ0) is 8.72. The van der Waals surface area contributed by atoms with E-state index in [1.165, 1.54) is 0 Å². The molecule has 0 aromatic carbocycles. The van der Waals surface area contributed by atoms with Crippen LogP contribution in [0.15, 0.2) is 0 Å². The van der Waals surface area contributed by atoms with Gasteiger partial charge in [-0.25, -0.2) is 0 Å². The van der Waals surface area contributed by atoms with E-state index in [9.17, 15) is 4.79 Å². The lowest BCUT2D eigenvalue weighted by Crippen LogP contribution is -2.45. The Morgan fingerprint density at radius 1 is 1.50 bits per heavy atom. The molecule has 4 heteroatoms. The molecule has 3 nitrogen and oxygen atoms in total. The van der Waals surface area contributed by atoms with Crippen LogP contribution in [-0.4, -0.2) is 32.0 Å². The van der Waals surface area contributed by atoms with E-state index in [1.807, 2.05) is 7.98 Å². The van der Waals surface area contributed by atoms with Crippen LogP contribution in [0.25, 0.3) is 0 Å². The topological polar surface area (TPSA) is 38.3 Å². The highest BCUT2D eigenvalue weighted by Crippen LogP contribution is 2.39. The van der Waals surface area contributed by atoms with E-state index in [2.05, 4.69) is 5.23 Å². The van der Waals surface area contributed by atoms with Crippen molar-refractivity contribution < 1.29 is 9.53 Å². The van der Waals surface area contributed by atoms with Crippen molar-refractivity contribution in [2.75, 3.05) is 0 Å². The van der Waals surface area contributed by atoms with Crippen molar-refractivity contribution in [3.05, 3.63) is 0 Å². The van der Waals surface area contributed by atoms with Gasteiger partial charge in [-0.2, -0.15) is 0 Å². The minimum absolute atomic E-state index is 0.105. The summed E-state index contributed by atoms with van der Waals surface area (Å²) in [6.07, 6.45) is 2.66. The van der Waals surface area contributed by atoms with Crippen molar-refractivity contribution in [3.63, 3.8) is 0 Å². The van der Waals surface area contributed by atoms with Crippen LogP contribution in [0, 0.1) is 5.92 Å². The Kier molecular flexibility index (Phi) is 1.97. The van der Waals surface area contributed by atoms with Gasteiger partial charge in [-0.15, -0.1) is 0 Å². The van der Waals surface area contributed by atoms with Gasteiger partial charge in [-0.1, -0.05) is 0 Å². The number of carbonyl (C=O) groups excluding carboxylic acids is 1. The fourth-order valence-electron chi connectivity index (χ4n) is 2.56. The number of ketones is 1. The third-order valence-electron chi connectivity index (χ3n) is 3.08. The van der Waals surface area contributed by atoms with Crippen LogP contribution in [0.3, 0.4) is 0 Å². The summed E-state index contributed by atoms with van der Waals surface area (Å²) in [7, 11) is 1.91. The lowest BCUT2D eigenvalue weighted by atomic mass is 9.81. The Hall–Kier alpha value is -0.345. The molecule has 0 spiro atoms. The van der Waals surface area contributed by atoms with Crippen molar-refractivity contribution in [3.8, 4) is 0 Å². The summed E-state index contributed by atoms with van der Waals surface area (Å²) < 4.78 is 5.67. The van der Waals surface area contributed by atoms with E-state index < -0.39 is 0 Å². The monoisotopic (exact) mass is 167 g/mol. The number of rotatable bonds is 2. The first-order chi connectivity index (χ1) is 5.74. The summed E-state index contributed by atoms with van der Waals surface area (Å²) in [6, 6.07) is 0.265. The molecule has 0 aromatic heterocycles. The standard InChI is InChI=1S/C8H14BNO2/c1-4(11)7-5-2-3-6(12-5)8(7)10-9/h5-8,10H,2-3,9H2,1H3/t5-,6+,7+,8-/m0/s1. The van der Waals surface area contributed by atoms with Gasteiger partial charge < -0.3 is 9.96 Å². The van der Waals surface area contributed by atoms with Gasteiger partial charge in [-0.05, 0) is 19.8 Å². The van der Waals surface area contributed by atoms with E-state index >= 15 is 0 Å². The minimum atomic E-state index is 0.105. The van der Waals surface area contributed by atoms with Crippen LogP contribution < -0.4 is 5.23 Å². The Balaban J connectivity index is 2.16. The number of hydrogen-bond acceptors (Lipinski definition) is 3. The van der Waals surface area contributed by atoms with Gasteiger partial charge in [0.1, 0.15) is 5.78 Å². The molecule has 2 aliphatic heterocycles. The van der Waals surface area contributed by atoms with Crippen LogP contribution in [0.2, 0.25) is 0 Å². The average Bonchev–Trinajstić information content (AvgIpc) is 2.60. The number of fused-ring (bicyclic) bond motifs is 2. The molecule has 2 rings (SSSR count). The second-order valence-corrected chi connectivity index (χ2v) is 3.74. The number of Topliss-reactive ketones (excluding diaryl/α,β-unsaturated/α-hetero) is 1. The summed E-state index contributed by atoms with van der Waals surface area (Å²) in [5, 5.41) is 3.18. The largest absolute Gasteiger partial charge is 0.373 e. The summed E-state index contributed by atoms with van der Waals surface area (Å²) in [5.74, 6) is 0.371. The Labute approximate surface area is 73.3 Å². The zero-order valence-corrected chi connectivity index (χ0v) is 7.54. The zero-order valence-electron chi connectivity index (χ0n) is 7.54. The quantitative estimate of drug-likeness (QED) is 0.550. The highest BCUT2D eigenvalue weighted by atomic mass is 16.5. The van der Waals surface area contributed by atoms with Gasteiger partial charge >= 0.3 is 0 Å². The van der Waals surface area contributed by atoms with E-state index in [1.54, 1.807) is 6.92 Å². The molecule has 0 unspecified atom stereocenters. The van der Waals surface area contributed by atoms with E-state index in [0.29, 0.717) is 0 Å². The van der Waals surface area contributed by atoms with Crippen molar-refractivity contribution in [2.45, 2.75) is 38.0 Å². The molecule has 2 bridgehead atoms. The first kappa shape index (κ1) is 8.26. The maximum Gasteiger partial charge on any atom is 0.182 e. The van der Waals surface area contributed by atoms with Crippen molar-refractivity contribution in [1.82, 2.24) is 5.23 Å². The molecule has 2 aliphatic rings. The molecule has 0 saturated carbocycles. The van der Waals surface area contributed by atoms with Crippen LogP contribution in [0.4, 0.5) is 0 Å². The molecular weight excluding hydrogens is 153 g/mol. The third kappa shape index (κ3) is 1.02. The Bertz CT molecular complexity index is 209. The second kappa shape index (κ2) is 2.85. The van der Waals surface area contributed by atoms with Gasteiger partial charge in [-0.3, -0.25) is 4.79 Å². The van der Waals surface area contributed by atoms with Crippen LogP contribution in [0.5, 0.6) is 0 Å². The first-order valence-electron chi connectivity index (χ1n) is 4.57. The summed E-state index contributed by atoms with van der Waals surface area (Å²) in [5.41, 5.74) is 0. The van der Waals surface area contributed by atoms with Gasteiger partial charge in [0.25, 0.3) is 0 Å². The maximum absolute atomic E-state index is 11.3. The predicted octanol–water partition coefficient (Wildman–Crippen LogP) is -0.741. The van der Waals surface area contributed by atoms with Gasteiger partial charge in [0.2, 0.25) is 0 Å². The predicted molar refractivity (Wildman–Crippen MR) is 47.5 cm³/mol. The first-order valence-corrected chi connectivity index (χ1v) is 4.57. The van der Waals surface area contributed by atoms with Crippen LogP contribution >= 0.6 is 0 Å². The number of nitrogens with one attached hydrogen (secondary N) is 1. The van der Waals surface area contributed by atoms with Crippen LogP contribution in [0.1, 0.15) is 19.8 Å². The molecule has 0 aliphatic carbocycles. The molecule has 0 amide bonds. The van der Waals surface area contributed by atoms with Gasteiger partial charge in [0.15, 0.2) is 7.98 Å². The number of hydrogen-bond donors (Lipinski definition) is 1. The second-order valence-electron chi connectivity index (χ2n) is 3.74. The highest BCUT2D eigenvalue weighted by molar-refractivity contribution is 6.05. The molecule has 4 atom stereocenters. The van der Waals surface area contributed by atoms with E-state index in [-0.39, 0.29) is 30.0 Å². The molecule has 12 heavy (non-hydrogen) atoms. The lowest BCUT2D eigenvalue weighted by Gasteiger charge is -2.25. The molecular formula is C8H14BNO2. The fourth-order valence-corrected chi connectivity index (χ4v) is 2.56. The lowest BCUT2D eigenvalue weighted by molar-refractivity contribution is -0.122. The van der Waals surface area contributed by atoms with Gasteiger partial charge in [0, 0.05) is 6.04 Å². The molecule has 0 radical (unpaired) electrons. The Morgan fingerprint density at radius 2 is 2.17 bits per heavy atom. The van der Waals surface area contributed by atoms with Crippen molar-refractivity contribution in [2.24, 2.45) is 5.92 Å². The number of ether oxygens (including phenoxy) is 1. The van der Waals surface area contributed by atoms with Crippen molar-refractivity contribution >= 4 is 13.8 Å². The molecule has 66 valence electrons. The fraction of sp³-hybridized carbons (Fsp3) is 0.875. The van der Waals surface area contributed by atoms with E-state index in [0.717, 1.165) is 12.8 Å². The normalized spacial score (nSPS) is 45.1. The molecule has 2 heterocycles. The van der Waals surface area contributed by atoms with Crippen molar-refractivity contribution in [1.29, 1.82) is 0 Å².